The van der Waals surface area contributed by atoms with Crippen LogP contribution in [-0.2, 0) is 9.59 Å². The number of hydrogen-bond acceptors (Lipinski definition) is 3. The largest absolute Gasteiger partial charge is 0.507 e. The van der Waals surface area contributed by atoms with E-state index in [1.165, 1.54) is 6.07 Å². The van der Waals surface area contributed by atoms with Crippen LogP contribution in [0.25, 0.3) is 27.3 Å². The minimum atomic E-state index is -1.15. The van der Waals surface area contributed by atoms with E-state index in [-0.39, 0.29) is 17.0 Å². The van der Waals surface area contributed by atoms with Gasteiger partial charge in [-0.1, -0.05) is 84.9 Å². The molecule has 0 bridgehead atoms. The van der Waals surface area contributed by atoms with Crippen LogP contribution in [0.4, 0.5) is 14.5 Å². The number of benzene rings is 5. The summed E-state index contributed by atoms with van der Waals surface area (Å²) < 4.78 is 28.0. The fourth-order valence-corrected chi connectivity index (χ4v) is 5.09. The molecule has 1 N–H and O–H groups in total. The van der Waals surface area contributed by atoms with Gasteiger partial charge in [-0.25, -0.2) is 8.78 Å². The fourth-order valence-electron chi connectivity index (χ4n) is 5.09. The quantitative estimate of drug-likeness (QED) is 0.170. The Balaban J connectivity index is 1.67. The standard InChI is InChI=1S/C31H19F2NO3/c32-25-16-15-20(17-26(25)33)34-28(23-13-5-9-18-7-1-3-11-21(18)23)27(30(36)31(34)37)29(35)24-14-6-10-19-8-2-4-12-22(19)24/h1-17,28,35H/b29-27+. The highest BCUT2D eigenvalue weighted by Gasteiger charge is 2.47. The zero-order chi connectivity index (χ0) is 25.7. The van der Waals surface area contributed by atoms with Gasteiger partial charge in [-0.05, 0) is 39.2 Å². The highest BCUT2D eigenvalue weighted by atomic mass is 19.2. The molecular weight excluding hydrogens is 472 g/mol. The van der Waals surface area contributed by atoms with E-state index in [9.17, 15) is 23.5 Å². The summed E-state index contributed by atoms with van der Waals surface area (Å²) in [5.74, 6) is -4.40. The molecule has 0 aliphatic carbocycles. The van der Waals surface area contributed by atoms with Gasteiger partial charge in [0.05, 0.1) is 11.6 Å². The average Bonchev–Trinajstić information content (AvgIpc) is 3.19. The lowest BCUT2D eigenvalue weighted by Crippen LogP contribution is -2.29. The number of halogens is 2. The molecule has 1 amide bonds. The minimum absolute atomic E-state index is 0.0101. The Morgan fingerprint density at radius 3 is 2.05 bits per heavy atom. The maximum atomic E-state index is 14.3. The Hall–Kier alpha value is -4.84. The molecule has 1 fully saturated rings. The summed E-state index contributed by atoms with van der Waals surface area (Å²) >= 11 is 0. The molecule has 180 valence electrons. The number of anilines is 1. The molecule has 37 heavy (non-hydrogen) atoms. The van der Waals surface area contributed by atoms with Crippen molar-refractivity contribution in [1.29, 1.82) is 0 Å². The zero-order valence-corrected chi connectivity index (χ0v) is 19.4. The van der Waals surface area contributed by atoms with Gasteiger partial charge in [-0.3, -0.25) is 14.5 Å². The Morgan fingerprint density at radius 2 is 1.32 bits per heavy atom. The second-order valence-corrected chi connectivity index (χ2v) is 8.86. The SMILES string of the molecule is O=C1C(=O)N(c2ccc(F)c(F)c2)C(c2cccc3ccccc23)/C1=C(\O)c1cccc2ccccc12. The fraction of sp³-hybridized carbons (Fsp3) is 0.0323. The van der Waals surface area contributed by atoms with Crippen molar-refractivity contribution < 1.29 is 23.5 Å². The molecule has 0 spiro atoms. The third-order valence-corrected chi connectivity index (χ3v) is 6.79. The Labute approximate surface area is 210 Å². The van der Waals surface area contributed by atoms with Gasteiger partial charge in [0.15, 0.2) is 11.6 Å². The number of Topliss-reactive ketones (excluding diaryl/α,β-unsaturated/α-hetero) is 1. The molecule has 4 nitrogen and oxygen atoms in total. The van der Waals surface area contributed by atoms with Gasteiger partial charge in [-0.2, -0.15) is 0 Å². The average molecular weight is 491 g/mol. The summed E-state index contributed by atoms with van der Waals surface area (Å²) in [6.07, 6.45) is 0. The van der Waals surface area contributed by atoms with Crippen molar-refractivity contribution in [1.82, 2.24) is 0 Å². The lowest BCUT2D eigenvalue weighted by Gasteiger charge is -2.26. The maximum Gasteiger partial charge on any atom is 0.300 e. The van der Waals surface area contributed by atoms with Gasteiger partial charge in [0.1, 0.15) is 5.76 Å². The van der Waals surface area contributed by atoms with Gasteiger partial charge in [0, 0.05) is 17.3 Å². The Bertz CT molecular complexity index is 1770. The predicted octanol–water partition coefficient (Wildman–Crippen LogP) is 6.90. The second-order valence-electron chi connectivity index (χ2n) is 8.86. The van der Waals surface area contributed by atoms with E-state index < -0.39 is 29.4 Å². The molecule has 6 heteroatoms. The van der Waals surface area contributed by atoms with E-state index in [0.29, 0.717) is 16.5 Å². The number of aliphatic hydroxyl groups is 1. The molecule has 1 aliphatic rings. The van der Waals surface area contributed by atoms with E-state index in [4.69, 9.17) is 0 Å². The van der Waals surface area contributed by atoms with Crippen LogP contribution in [0.5, 0.6) is 0 Å². The first kappa shape index (κ1) is 22.6. The lowest BCUT2D eigenvalue weighted by atomic mass is 9.90. The lowest BCUT2D eigenvalue weighted by molar-refractivity contribution is -0.132. The highest BCUT2D eigenvalue weighted by molar-refractivity contribution is 6.52. The minimum Gasteiger partial charge on any atom is -0.507 e. The first-order chi connectivity index (χ1) is 18.0. The number of nitrogens with zero attached hydrogens (tertiary/aromatic N) is 1. The summed E-state index contributed by atoms with van der Waals surface area (Å²) in [6.45, 7) is 0. The number of fused-ring (bicyclic) bond motifs is 2. The number of carbonyl (C=O) groups excluding carboxylic acids is 2. The third-order valence-electron chi connectivity index (χ3n) is 6.79. The van der Waals surface area contributed by atoms with E-state index in [1.54, 1.807) is 24.3 Å². The Kier molecular flexibility index (Phi) is 5.30. The van der Waals surface area contributed by atoms with Crippen molar-refractivity contribution in [2.75, 3.05) is 4.90 Å². The van der Waals surface area contributed by atoms with E-state index in [0.717, 1.165) is 33.2 Å². The molecule has 5 aromatic rings. The number of amides is 1. The molecule has 6 rings (SSSR count). The van der Waals surface area contributed by atoms with E-state index >= 15 is 0 Å². The third kappa shape index (κ3) is 3.57. The molecule has 1 aliphatic heterocycles. The molecule has 1 saturated heterocycles. The molecule has 0 saturated carbocycles. The van der Waals surface area contributed by atoms with Crippen molar-refractivity contribution in [3.63, 3.8) is 0 Å². The summed E-state index contributed by atoms with van der Waals surface area (Å²) in [6, 6.07) is 27.6. The Morgan fingerprint density at radius 1 is 0.703 bits per heavy atom. The number of hydrogen-bond donors (Lipinski definition) is 1. The molecule has 1 heterocycles. The predicted molar refractivity (Wildman–Crippen MR) is 139 cm³/mol. The van der Waals surface area contributed by atoms with Crippen LogP contribution in [0.1, 0.15) is 17.2 Å². The number of ketones is 1. The van der Waals surface area contributed by atoms with Crippen LogP contribution >= 0.6 is 0 Å². The van der Waals surface area contributed by atoms with Crippen LogP contribution in [-0.4, -0.2) is 16.8 Å². The van der Waals surface area contributed by atoms with Crippen molar-refractivity contribution >= 4 is 44.7 Å². The van der Waals surface area contributed by atoms with Gasteiger partial charge in [0.25, 0.3) is 11.7 Å². The van der Waals surface area contributed by atoms with Gasteiger partial charge in [0.2, 0.25) is 0 Å². The van der Waals surface area contributed by atoms with Crippen LogP contribution in [0.15, 0.2) is 109 Å². The van der Waals surface area contributed by atoms with E-state index in [2.05, 4.69) is 0 Å². The number of carbonyl (C=O) groups is 2. The van der Waals surface area contributed by atoms with Gasteiger partial charge in [-0.15, -0.1) is 0 Å². The molecule has 0 aromatic heterocycles. The van der Waals surface area contributed by atoms with Crippen LogP contribution < -0.4 is 4.90 Å². The molecule has 1 unspecified atom stereocenters. The van der Waals surface area contributed by atoms with Gasteiger partial charge < -0.3 is 5.11 Å². The summed E-state index contributed by atoms with van der Waals surface area (Å²) in [4.78, 5) is 28.1. The van der Waals surface area contributed by atoms with E-state index in [1.807, 2.05) is 60.7 Å². The van der Waals surface area contributed by atoms with Crippen molar-refractivity contribution in [3.05, 3.63) is 131 Å². The molecule has 0 radical (unpaired) electrons. The summed E-state index contributed by atoms with van der Waals surface area (Å²) in [7, 11) is 0. The van der Waals surface area contributed by atoms with Crippen LogP contribution in [0, 0.1) is 11.6 Å². The summed E-state index contributed by atoms with van der Waals surface area (Å²) in [5, 5.41) is 14.8. The number of aliphatic hydroxyl groups excluding tert-OH is 1. The van der Waals surface area contributed by atoms with Crippen molar-refractivity contribution in [3.8, 4) is 0 Å². The maximum absolute atomic E-state index is 14.3. The van der Waals surface area contributed by atoms with Crippen LogP contribution in [0.2, 0.25) is 0 Å². The first-order valence-electron chi connectivity index (χ1n) is 11.7. The smallest absolute Gasteiger partial charge is 0.300 e. The highest BCUT2D eigenvalue weighted by Crippen LogP contribution is 2.45. The molecule has 5 aromatic carbocycles. The molecule has 1 atom stereocenters. The topological polar surface area (TPSA) is 57.6 Å². The number of rotatable bonds is 3. The monoisotopic (exact) mass is 491 g/mol. The first-order valence-corrected chi connectivity index (χ1v) is 11.7. The van der Waals surface area contributed by atoms with Crippen LogP contribution in [0.3, 0.4) is 0 Å². The zero-order valence-electron chi connectivity index (χ0n) is 19.4. The van der Waals surface area contributed by atoms with Crippen molar-refractivity contribution in [2.45, 2.75) is 6.04 Å². The normalized spacial score (nSPS) is 17.1. The van der Waals surface area contributed by atoms with Gasteiger partial charge >= 0.3 is 0 Å². The summed E-state index contributed by atoms with van der Waals surface area (Å²) in [5.41, 5.74) is 0.855. The molecular formula is C31H19F2NO3. The second kappa shape index (κ2) is 8.68. The van der Waals surface area contributed by atoms with Crippen molar-refractivity contribution in [2.24, 2.45) is 0 Å².